The topological polar surface area (TPSA) is 112 Å². The quantitative estimate of drug-likeness (QED) is 0.273. The van der Waals surface area contributed by atoms with Crippen LogP contribution < -0.4 is 0 Å². The van der Waals surface area contributed by atoms with Crippen molar-refractivity contribution in [3.8, 4) is 22.3 Å². The van der Waals surface area contributed by atoms with Crippen molar-refractivity contribution in [1.82, 2.24) is 40.1 Å². The molecule has 10 nitrogen and oxygen atoms in total. The Balaban J connectivity index is 1.34. The molecule has 220 valence electrons. The maximum atomic E-state index is 5.08. The van der Waals surface area contributed by atoms with E-state index in [1.807, 2.05) is 66.7 Å². The van der Waals surface area contributed by atoms with Crippen molar-refractivity contribution in [2.45, 2.75) is 11.0 Å². The van der Waals surface area contributed by atoms with Crippen molar-refractivity contribution >= 4 is 17.6 Å². The Morgan fingerprint density at radius 1 is 0.553 bits per heavy atom. The van der Waals surface area contributed by atoms with Crippen molar-refractivity contribution in [1.29, 1.82) is 0 Å². The molecule has 47 heavy (non-hydrogen) atoms. The molecule has 0 amide bonds. The van der Waals surface area contributed by atoms with E-state index < -0.39 is 11.0 Å². The summed E-state index contributed by atoms with van der Waals surface area (Å²) in [6.45, 7) is 0. The molecule has 0 unspecified atom stereocenters. The van der Waals surface area contributed by atoms with E-state index in [9.17, 15) is 0 Å². The van der Waals surface area contributed by atoms with E-state index in [-0.39, 0.29) is 0 Å². The molecule has 0 atom stereocenters. The highest BCUT2D eigenvalue weighted by Crippen LogP contribution is 2.57. The Kier molecular flexibility index (Phi) is 5.08. The molecule has 7 heterocycles. The maximum Gasteiger partial charge on any atom is 0.474 e. The first-order chi connectivity index (χ1) is 23.2. The summed E-state index contributed by atoms with van der Waals surface area (Å²) in [6, 6.07) is 30.5. The van der Waals surface area contributed by atoms with Gasteiger partial charge in [0.1, 0.15) is 23.9 Å². The molecule has 6 aromatic heterocycles. The average molecular weight is 609 g/mol. The van der Waals surface area contributed by atoms with Crippen LogP contribution in [0.3, 0.4) is 0 Å². The van der Waals surface area contributed by atoms with Gasteiger partial charge in [-0.2, -0.15) is 10.1 Å². The van der Waals surface area contributed by atoms with Crippen LogP contribution in [0.15, 0.2) is 122 Å². The highest BCUT2D eigenvalue weighted by atomic mass is 15.3. The smallest absolute Gasteiger partial charge is 0.281 e. The molecule has 0 saturated heterocycles. The fourth-order valence-electron chi connectivity index (χ4n) is 7.83. The van der Waals surface area contributed by atoms with Gasteiger partial charge < -0.3 is 0 Å². The van der Waals surface area contributed by atoms with Gasteiger partial charge in [-0.25, -0.2) is 0 Å². The van der Waals surface area contributed by atoms with Crippen LogP contribution in [0.5, 0.6) is 0 Å². The molecule has 0 saturated carbocycles. The van der Waals surface area contributed by atoms with Crippen LogP contribution in [-0.2, 0) is 11.0 Å². The van der Waals surface area contributed by atoms with Gasteiger partial charge >= 0.3 is 17.6 Å². The van der Waals surface area contributed by atoms with E-state index in [0.717, 1.165) is 61.9 Å². The Bertz CT molecular complexity index is 2400. The van der Waals surface area contributed by atoms with Crippen LogP contribution in [-0.4, -0.2) is 62.3 Å². The molecule has 10 rings (SSSR count). The number of benzene rings is 1. The Hall–Kier alpha value is -6.51. The van der Waals surface area contributed by atoms with Gasteiger partial charge in [0.25, 0.3) is 5.54 Å². The van der Waals surface area contributed by atoms with Gasteiger partial charge in [0.05, 0.1) is 23.3 Å². The molecule has 1 aliphatic heterocycles. The second-order valence-corrected chi connectivity index (χ2v) is 11.8. The first-order valence-corrected chi connectivity index (χ1v) is 15.3. The second kappa shape index (κ2) is 9.26. The Morgan fingerprint density at radius 2 is 1.11 bits per heavy atom. The number of hydrogen-bond donors (Lipinski definition) is 1. The molecule has 2 aliphatic carbocycles. The van der Waals surface area contributed by atoms with E-state index in [1.54, 1.807) is 18.6 Å². The normalized spacial score (nSPS) is 15.6. The van der Waals surface area contributed by atoms with Crippen molar-refractivity contribution in [3.63, 3.8) is 0 Å². The summed E-state index contributed by atoms with van der Waals surface area (Å²) in [5.41, 5.74) is 8.43. The fraction of sp³-hybridized carbons (Fsp3) is 0.0811. The third-order valence-electron chi connectivity index (χ3n) is 9.60. The number of aromatic amines is 1. The summed E-state index contributed by atoms with van der Waals surface area (Å²) in [4.78, 5) is 29.7. The lowest BCUT2D eigenvalue weighted by Gasteiger charge is -2.32. The summed E-state index contributed by atoms with van der Waals surface area (Å²) >= 11 is 0. The van der Waals surface area contributed by atoms with Crippen LogP contribution in [0.1, 0.15) is 39.6 Å². The molecule has 0 spiro atoms. The van der Waals surface area contributed by atoms with E-state index in [1.165, 1.54) is 0 Å². The zero-order valence-electron chi connectivity index (χ0n) is 25.1. The van der Waals surface area contributed by atoms with E-state index in [2.05, 4.69) is 74.3 Å². The molecule has 1 aromatic carbocycles. The minimum Gasteiger partial charge on any atom is -0.281 e. The van der Waals surface area contributed by atoms with Crippen LogP contribution in [0.4, 0.5) is 11.6 Å². The minimum absolute atomic E-state index is 0.665. The fourth-order valence-corrected chi connectivity index (χ4v) is 7.83. The third-order valence-corrected chi connectivity index (χ3v) is 9.60. The van der Waals surface area contributed by atoms with Gasteiger partial charge in [-0.15, -0.1) is 9.15 Å². The summed E-state index contributed by atoms with van der Waals surface area (Å²) in [7, 11) is 1.93. The number of aromatic nitrogens is 8. The van der Waals surface area contributed by atoms with Crippen molar-refractivity contribution in [3.05, 3.63) is 162 Å². The lowest BCUT2D eigenvalue weighted by atomic mass is 9.72. The van der Waals surface area contributed by atoms with Gasteiger partial charge in [-0.3, -0.25) is 25.0 Å². The third kappa shape index (κ3) is 3.11. The first kappa shape index (κ1) is 25.8. The van der Waals surface area contributed by atoms with Crippen LogP contribution in [0, 0.1) is 0 Å². The van der Waals surface area contributed by atoms with Crippen molar-refractivity contribution < 1.29 is 9.15 Å². The SMILES string of the molecule is C[N+]1=C=[N+](C2(c3cccc(C4(c5ccn[nH]5)c5ncccc5-c5cccnc54)c3)c3ncccc3-c3cccnc32)c2nccnc21. The largest absolute Gasteiger partial charge is 0.474 e. The molecule has 0 bridgehead atoms. The number of fused-ring (bicyclic) bond motifs is 7. The van der Waals surface area contributed by atoms with Crippen molar-refractivity contribution in [2.24, 2.45) is 0 Å². The predicted octanol–water partition coefficient (Wildman–Crippen LogP) is 5.22. The van der Waals surface area contributed by atoms with Crippen LogP contribution in [0.25, 0.3) is 22.3 Å². The first-order valence-electron chi connectivity index (χ1n) is 15.3. The molecular weight excluding hydrogens is 584 g/mol. The zero-order chi connectivity index (χ0) is 31.2. The number of hydrogen-bond acceptors (Lipinski definition) is 7. The highest BCUT2D eigenvalue weighted by molar-refractivity contribution is 5.84. The Morgan fingerprint density at radius 3 is 1.70 bits per heavy atom. The summed E-state index contributed by atoms with van der Waals surface area (Å²) < 4.78 is 3.93. The average Bonchev–Trinajstić information content (AvgIpc) is 3.91. The lowest BCUT2D eigenvalue weighted by Crippen LogP contribution is -2.40. The summed E-state index contributed by atoms with van der Waals surface area (Å²) in [5.74, 6) is 1.37. The zero-order valence-corrected chi connectivity index (χ0v) is 25.1. The molecule has 0 fully saturated rings. The van der Waals surface area contributed by atoms with Gasteiger partial charge in [0, 0.05) is 63.8 Å². The van der Waals surface area contributed by atoms with Crippen LogP contribution >= 0.6 is 0 Å². The van der Waals surface area contributed by atoms with Gasteiger partial charge in [0.2, 0.25) is 0 Å². The Labute approximate surface area is 268 Å². The molecule has 3 aliphatic rings. The van der Waals surface area contributed by atoms with Gasteiger partial charge in [0.15, 0.2) is 6.20 Å². The molecule has 7 aromatic rings. The molecule has 1 N–H and O–H groups in total. The van der Waals surface area contributed by atoms with Crippen molar-refractivity contribution in [2.75, 3.05) is 7.05 Å². The predicted molar refractivity (Wildman–Crippen MR) is 172 cm³/mol. The van der Waals surface area contributed by atoms with Gasteiger partial charge in [-0.1, -0.05) is 42.5 Å². The summed E-state index contributed by atoms with van der Waals surface area (Å²) in [5, 5.41) is 7.71. The number of nitrogens with zero attached hydrogens (tertiary/aromatic N) is 9. The van der Waals surface area contributed by atoms with E-state index in [4.69, 9.17) is 24.9 Å². The molecule has 0 radical (unpaired) electrons. The van der Waals surface area contributed by atoms with Gasteiger partial charge in [-0.05, 0) is 42.0 Å². The number of rotatable bonds is 4. The lowest BCUT2D eigenvalue weighted by molar-refractivity contribution is -0.522. The van der Waals surface area contributed by atoms with Crippen LogP contribution in [0.2, 0.25) is 0 Å². The summed E-state index contributed by atoms with van der Waals surface area (Å²) in [6.07, 6.45) is 12.6. The highest BCUT2D eigenvalue weighted by Gasteiger charge is 2.60. The molecular formula is C37H24N10+2. The molecule has 10 heteroatoms. The number of H-pyrrole nitrogens is 1. The second-order valence-electron chi connectivity index (χ2n) is 11.8. The minimum atomic E-state index is -1.04. The monoisotopic (exact) mass is 608 g/mol. The standard InChI is InChI=1S/C37H24N10/c1-46-22-47(35-34(46)42-19-20-43-35)37(32-27(11-5-16-40-32)28-12-6-17-41-33(28)37)24-8-2-7-23(21-24)36(29-13-18-44-45-29)30-25(9-3-14-38-30)26-10-4-15-39-31(26)36/h2-21H,1H3,(H,44,45)/q+2. The van der Waals surface area contributed by atoms with E-state index >= 15 is 0 Å². The van der Waals surface area contributed by atoms with E-state index in [0.29, 0.717) is 11.6 Å². The number of nitrogens with one attached hydrogen (secondary N) is 1. The number of pyridine rings is 4. The maximum absolute atomic E-state index is 5.08.